The maximum Gasteiger partial charge on any atom is 0.270 e. The van der Waals surface area contributed by atoms with Crippen LogP contribution < -0.4 is 5.73 Å². The molecule has 0 unspecified atom stereocenters. The molecule has 2 N–H and O–H groups in total. The van der Waals surface area contributed by atoms with Crippen molar-refractivity contribution < 1.29 is 4.79 Å². The van der Waals surface area contributed by atoms with Gasteiger partial charge in [-0.15, -0.1) is 4.98 Å². The number of carbonyl (C=O) groups excluding carboxylic acids is 1. The van der Waals surface area contributed by atoms with Gasteiger partial charge in [-0.2, -0.15) is 0 Å². The van der Waals surface area contributed by atoms with Gasteiger partial charge in [-0.25, -0.2) is 0 Å². The Morgan fingerprint density at radius 3 is 3.00 bits per heavy atom. The lowest BCUT2D eigenvalue weighted by atomic mass is 10.2. The first-order valence-electron chi connectivity index (χ1n) is 3.35. The van der Waals surface area contributed by atoms with Crippen LogP contribution in [0.4, 0.5) is 5.82 Å². The number of pyridine rings is 1. The molecule has 0 amide bonds. The summed E-state index contributed by atoms with van der Waals surface area (Å²) in [6, 6.07) is 4.70. The van der Waals surface area contributed by atoms with E-state index in [1.807, 2.05) is 0 Å². The van der Waals surface area contributed by atoms with E-state index in [9.17, 15) is 4.79 Å². The molecule has 60 valence electrons. The van der Waals surface area contributed by atoms with Gasteiger partial charge in [0.15, 0.2) is 5.69 Å². The molecule has 0 aliphatic carbocycles. The number of Topliss-reactive ketones (excluding diaryl/α,β-unsaturated/α-hetero) is 1. The van der Waals surface area contributed by atoms with Gasteiger partial charge in [-0.3, -0.25) is 4.79 Å². The molecule has 1 aromatic heterocycles. The highest BCUT2D eigenvalue weighted by Crippen LogP contribution is 2.07. The van der Waals surface area contributed by atoms with Gasteiger partial charge in [0, 0.05) is 0 Å². The summed E-state index contributed by atoms with van der Waals surface area (Å²) in [6.07, 6.45) is 0. The molecule has 4 nitrogen and oxygen atoms in total. The number of nitrogens with two attached hydrogens (primary N) is 1. The number of hydrogen-bond acceptors (Lipinski definition) is 3. The number of carbonyl (C=O) groups is 1. The third-order valence-electron chi connectivity index (χ3n) is 1.32. The molecule has 0 atom stereocenters. The molecule has 0 aliphatic rings. The van der Waals surface area contributed by atoms with E-state index in [-0.39, 0.29) is 23.8 Å². The van der Waals surface area contributed by atoms with Crippen molar-refractivity contribution in [1.82, 2.24) is 4.98 Å². The average Bonchev–Trinajstić information content (AvgIpc) is 2.17. The van der Waals surface area contributed by atoms with Crippen LogP contribution in [0.25, 0.3) is 4.85 Å². The van der Waals surface area contributed by atoms with Gasteiger partial charge in [0.05, 0.1) is 6.54 Å². The van der Waals surface area contributed by atoms with Crippen molar-refractivity contribution >= 4 is 11.6 Å². The third kappa shape index (κ3) is 1.65. The first-order chi connectivity index (χ1) is 5.77. The third-order valence-corrected chi connectivity index (χ3v) is 1.32. The van der Waals surface area contributed by atoms with Crippen molar-refractivity contribution in [1.29, 1.82) is 0 Å². The zero-order valence-corrected chi connectivity index (χ0v) is 6.32. The SMILES string of the molecule is [C-]#[N+]c1cccc(C(=O)CN)n1. The molecule has 0 radical (unpaired) electrons. The topological polar surface area (TPSA) is 60.3 Å². The minimum absolute atomic E-state index is 0.0749. The minimum atomic E-state index is -0.250. The highest BCUT2D eigenvalue weighted by molar-refractivity contribution is 5.95. The van der Waals surface area contributed by atoms with E-state index in [1.54, 1.807) is 18.2 Å². The van der Waals surface area contributed by atoms with Crippen LogP contribution in [0.5, 0.6) is 0 Å². The lowest BCUT2D eigenvalue weighted by Crippen LogP contribution is -2.14. The van der Waals surface area contributed by atoms with E-state index < -0.39 is 0 Å². The molecule has 0 saturated carbocycles. The van der Waals surface area contributed by atoms with Crippen LogP contribution in [0.1, 0.15) is 10.5 Å². The van der Waals surface area contributed by atoms with Gasteiger partial charge < -0.3 is 10.6 Å². The van der Waals surface area contributed by atoms with Crippen molar-refractivity contribution in [2.75, 3.05) is 6.54 Å². The van der Waals surface area contributed by atoms with Gasteiger partial charge in [0.25, 0.3) is 5.82 Å². The Morgan fingerprint density at radius 2 is 2.42 bits per heavy atom. The summed E-state index contributed by atoms with van der Waals surface area (Å²) in [4.78, 5) is 17.9. The van der Waals surface area contributed by atoms with Crippen LogP contribution in [0.3, 0.4) is 0 Å². The Hall–Kier alpha value is -1.73. The van der Waals surface area contributed by atoms with Crippen LogP contribution in [0, 0.1) is 6.57 Å². The van der Waals surface area contributed by atoms with Gasteiger partial charge >= 0.3 is 0 Å². The second-order valence-electron chi connectivity index (χ2n) is 2.12. The standard InChI is InChI=1S/C8H7N3O/c1-10-8-4-2-3-6(11-8)7(12)5-9/h2-4H,5,9H2. The molecule has 12 heavy (non-hydrogen) atoms. The van der Waals surface area contributed by atoms with Gasteiger partial charge in [-0.05, 0) is 12.1 Å². The normalized spacial score (nSPS) is 9.00. The number of nitrogens with zero attached hydrogens (tertiary/aromatic N) is 2. The van der Waals surface area contributed by atoms with Crippen LogP contribution in [0.15, 0.2) is 18.2 Å². The molecular weight excluding hydrogens is 154 g/mol. The second kappa shape index (κ2) is 3.60. The van der Waals surface area contributed by atoms with Gasteiger partial charge in [0.1, 0.15) is 0 Å². The van der Waals surface area contributed by atoms with Crippen molar-refractivity contribution in [3.63, 3.8) is 0 Å². The molecule has 0 saturated heterocycles. The Balaban J connectivity index is 3.04. The monoisotopic (exact) mass is 161 g/mol. The van der Waals surface area contributed by atoms with Crippen molar-refractivity contribution in [2.24, 2.45) is 5.73 Å². The fraction of sp³-hybridized carbons (Fsp3) is 0.125. The summed E-state index contributed by atoms with van der Waals surface area (Å²) in [5.74, 6) is -0.0326. The molecule has 1 rings (SSSR count). The summed E-state index contributed by atoms with van der Waals surface area (Å²) in [6.45, 7) is 6.58. The van der Waals surface area contributed by atoms with Crippen LogP contribution in [-0.4, -0.2) is 17.3 Å². The van der Waals surface area contributed by atoms with Gasteiger partial charge in [-0.1, -0.05) is 12.6 Å². The molecule has 1 aromatic rings. The van der Waals surface area contributed by atoms with Crippen LogP contribution in [-0.2, 0) is 0 Å². The molecule has 0 aromatic carbocycles. The molecular formula is C8H7N3O. The van der Waals surface area contributed by atoms with Crippen LogP contribution >= 0.6 is 0 Å². The average molecular weight is 161 g/mol. The fourth-order valence-electron chi connectivity index (χ4n) is 0.745. The lowest BCUT2D eigenvalue weighted by molar-refractivity contribution is 0.0997. The van der Waals surface area contributed by atoms with E-state index in [0.29, 0.717) is 0 Å². The van der Waals surface area contributed by atoms with E-state index in [1.165, 1.54) is 0 Å². The van der Waals surface area contributed by atoms with E-state index in [2.05, 4.69) is 9.83 Å². The summed E-state index contributed by atoms with van der Waals surface area (Å²) in [7, 11) is 0. The first-order valence-corrected chi connectivity index (χ1v) is 3.35. The predicted octanol–water partition coefficient (Wildman–Crippen LogP) is 0.774. The summed E-state index contributed by atoms with van der Waals surface area (Å²) in [5, 5.41) is 0. The largest absolute Gasteiger partial charge is 0.361 e. The fourth-order valence-corrected chi connectivity index (χ4v) is 0.745. The maximum absolute atomic E-state index is 11.0. The second-order valence-corrected chi connectivity index (χ2v) is 2.12. The maximum atomic E-state index is 11.0. The molecule has 4 heteroatoms. The number of ketones is 1. The number of aromatic nitrogens is 1. The Labute approximate surface area is 69.8 Å². The van der Waals surface area contributed by atoms with E-state index in [0.717, 1.165) is 0 Å². The quantitative estimate of drug-likeness (QED) is 0.515. The molecule has 0 aliphatic heterocycles. The number of rotatable bonds is 2. The van der Waals surface area contributed by atoms with E-state index in [4.69, 9.17) is 12.3 Å². The number of hydrogen-bond donors (Lipinski definition) is 1. The van der Waals surface area contributed by atoms with Crippen molar-refractivity contribution in [3.8, 4) is 0 Å². The molecule has 0 fully saturated rings. The zero-order chi connectivity index (χ0) is 8.97. The van der Waals surface area contributed by atoms with Crippen LogP contribution in [0.2, 0.25) is 0 Å². The summed E-state index contributed by atoms with van der Waals surface area (Å²) < 4.78 is 0. The molecule has 0 spiro atoms. The van der Waals surface area contributed by atoms with Crippen molar-refractivity contribution in [3.05, 3.63) is 35.3 Å². The highest BCUT2D eigenvalue weighted by Gasteiger charge is 2.08. The zero-order valence-electron chi connectivity index (χ0n) is 6.32. The first kappa shape index (κ1) is 8.37. The van der Waals surface area contributed by atoms with Crippen molar-refractivity contribution in [2.45, 2.75) is 0 Å². The minimum Gasteiger partial charge on any atom is -0.361 e. The Morgan fingerprint density at radius 1 is 1.67 bits per heavy atom. The highest BCUT2D eigenvalue weighted by atomic mass is 16.1. The smallest absolute Gasteiger partial charge is 0.270 e. The lowest BCUT2D eigenvalue weighted by Gasteiger charge is -1.92. The summed E-state index contributed by atoms with van der Waals surface area (Å²) >= 11 is 0. The summed E-state index contributed by atoms with van der Waals surface area (Å²) in [5.41, 5.74) is 5.38. The van der Waals surface area contributed by atoms with Gasteiger partial charge in [0.2, 0.25) is 5.78 Å². The predicted molar refractivity (Wildman–Crippen MR) is 43.9 cm³/mol. The Bertz CT molecular complexity index is 340. The molecule has 0 bridgehead atoms. The Kier molecular flexibility index (Phi) is 2.51. The van der Waals surface area contributed by atoms with E-state index >= 15 is 0 Å². The molecule has 1 heterocycles.